The molecule has 2 N–H and O–H groups in total. The number of rotatable bonds is 8. The van der Waals surface area contributed by atoms with Gasteiger partial charge in [0.2, 0.25) is 5.91 Å². The largest absolute Gasteiger partial charge is 0.496 e. The molecule has 0 radical (unpaired) electrons. The summed E-state index contributed by atoms with van der Waals surface area (Å²) in [5, 5.41) is 5.52. The van der Waals surface area contributed by atoms with Gasteiger partial charge in [-0.15, -0.1) is 11.8 Å². The van der Waals surface area contributed by atoms with Crippen LogP contribution in [0.15, 0.2) is 71.6 Å². The molecule has 0 aliphatic carbocycles. The number of carbonyl (C=O) groups is 2. The average molecular weight is 451 g/mol. The van der Waals surface area contributed by atoms with Gasteiger partial charge in [-0.25, -0.2) is 0 Å². The molecule has 0 fully saturated rings. The molecule has 0 bridgehead atoms. The molecule has 0 aliphatic rings. The van der Waals surface area contributed by atoms with E-state index in [4.69, 9.17) is 9.47 Å². The van der Waals surface area contributed by atoms with E-state index in [0.29, 0.717) is 22.7 Å². The normalized spacial score (nSPS) is 11.4. The molecule has 0 saturated carbocycles. The zero-order valence-corrected chi connectivity index (χ0v) is 19.3. The number of benzene rings is 3. The summed E-state index contributed by atoms with van der Waals surface area (Å²) in [6.07, 6.45) is 0. The topological polar surface area (TPSA) is 76.7 Å². The standard InChI is InChI=1S/C25H26N2O4S/c1-16-7-5-8-19(15-16)27-24(28)17(2)32-20-13-11-18(12-14-20)26-25(29)23-21(30-3)9-6-10-22(23)31-4/h5-15,17H,1-4H3,(H,26,29)(H,27,28). The molecule has 6 nitrogen and oxygen atoms in total. The van der Waals surface area contributed by atoms with Gasteiger partial charge in [-0.05, 0) is 67.9 Å². The van der Waals surface area contributed by atoms with E-state index in [9.17, 15) is 9.59 Å². The zero-order chi connectivity index (χ0) is 23.1. The minimum absolute atomic E-state index is 0.0683. The first kappa shape index (κ1) is 23.2. The summed E-state index contributed by atoms with van der Waals surface area (Å²) in [4.78, 5) is 26.2. The highest BCUT2D eigenvalue weighted by molar-refractivity contribution is 8.00. The van der Waals surface area contributed by atoms with Crippen LogP contribution >= 0.6 is 11.8 Å². The van der Waals surface area contributed by atoms with Crippen LogP contribution in [0.25, 0.3) is 0 Å². The van der Waals surface area contributed by atoms with Crippen LogP contribution in [0, 0.1) is 6.92 Å². The second-order valence-electron chi connectivity index (χ2n) is 7.13. The van der Waals surface area contributed by atoms with E-state index in [0.717, 1.165) is 16.1 Å². The summed E-state index contributed by atoms with van der Waals surface area (Å²) < 4.78 is 10.6. The van der Waals surface area contributed by atoms with E-state index in [1.54, 1.807) is 30.3 Å². The number of anilines is 2. The van der Waals surface area contributed by atoms with Crippen molar-refractivity contribution in [2.24, 2.45) is 0 Å². The van der Waals surface area contributed by atoms with Gasteiger partial charge >= 0.3 is 0 Å². The maximum atomic E-state index is 12.8. The van der Waals surface area contributed by atoms with Gasteiger partial charge in [-0.2, -0.15) is 0 Å². The lowest BCUT2D eigenvalue weighted by molar-refractivity contribution is -0.115. The van der Waals surface area contributed by atoms with Crippen LogP contribution in [-0.4, -0.2) is 31.3 Å². The van der Waals surface area contributed by atoms with Crippen molar-refractivity contribution >= 4 is 35.0 Å². The lowest BCUT2D eigenvalue weighted by Gasteiger charge is -2.14. The summed E-state index contributed by atoms with van der Waals surface area (Å²) >= 11 is 1.45. The van der Waals surface area contributed by atoms with E-state index in [-0.39, 0.29) is 17.1 Å². The van der Waals surface area contributed by atoms with Crippen LogP contribution in [-0.2, 0) is 4.79 Å². The molecular weight excluding hydrogens is 424 g/mol. The Hall–Kier alpha value is -3.45. The van der Waals surface area contributed by atoms with Crippen LogP contribution < -0.4 is 20.1 Å². The highest BCUT2D eigenvalue weighted by atomic mass is 32.2. The molecule has 3 aromatic rings. The van der Waals surface area contributed by atoms with E-state index >= 15 is 0 Å². The SMILES string of the molecule is COc1cccc(OC)c1C(=O)Nc1ccc(SC(C)C(=O)Nc2cccc(C)c2)cc1. The van der Waals surface area contributed by atoms with Crippen LogP contribution in [0.3, 0.4) is 0 Å². The Bertz CT molecular complexity index is 1080. The maximum absolute atomic E-state index is 12.8. The Labute approximate surface area is 192 Å². The van der Waals surface area contributed by atoms with Gasteiger partial charge in [0.15, 0.2) is 0 Å². The Morgan fingerprint density at radius 1 is 0.844 bits per heavy atom. The van der Waals surface area contributed by atoms with Gasteiger partial charge < -0.3 is 20.1 Å². The van der Waals surface area contributed by atoms with Crippen molar-refractivity contribution in [3.05, 3.63) is 77.9 Å². The third-order valence-corrected chi connectivity index (χ3v) is 5.85. The quantitative estimate of drug-likeness (QED) is 0.451. The maximum Gasteiger partial charge on any atom is 0.263 e. The Kier molecular flexibility index (Phi) is 7.78. The van der Waals surface area contributed by atoms with Crippen LogP contribution in [0.4, 0.5) is 11.4 Å². The zero-order valence-electron chi connectivity index (χ0n) is 18.5. The summed E-state index contributed by atoms with van der Waals surface area (Å²) in [5.41, 5.74) is 2.83. The van der Waals surface area contributed by atoms with Crippen molar-refractivity contribution in [3.63, 3.8) is 0 Å². The Balaban J connectivity index is 1.63. The predicted molar refractivity (Wildman–Crippen MR) is 129 cm³/mol. The number of hydrogen-bond acceptors (Lipinski definition) is 5. The van der Waals surface area contributed by atoms with Gasteiger partial charge in [0, 0.05) is 16.3 Å². The number of amides is 2. The molecular formula is C25H26N2O4S. The van der Waals surface area contributed by atoms with Crippen molar-refractivity contribution in [1.82, 2.24) is 0 Å². The minimum Gasteiger partial charge on any atom is -0.496 e. The fourth-order valence-electron chi connectivity index (χ4n) is 3.11. The van der Waals surface area contributed by atoms with Crippen LogP contribution in [0.2, 0.25) is 0 Å². The molecule has 0 saturated heterocycles. The third-order valence-electron chi connectivity index (χ3n) is 4.73. The molecule has 1 unspecified atom stereocenters. The van der Waals surface area contributed by atoms with Crippen molar-refractivity contribution in [2.45, 2.75) is 24.0 Å². The molecule has 2 amide bonds. The molecule has 32 heavy (non-hydrogen) atoms. The molecule has 0 heterocycles. The van der Waals surface area contributed by atoms with E-state index in [1.807, 2.05) is 50.2 Å². The Morgan fingerprint density at radius 3 is 2.06 bits per heavy atom. The number of nitrogens with one attached hydrogen (secondary N) is 2. The number of carbonyl (C=O) groups excluding carboxylic acids is 2. The van der Waals surface area contributed by atoms with Gasteiger partial charge in [0.1, 0.15) is 17.1 Å². The molecule has 0 aliphatic heterocycles. The summed E-state index contributed by atoms with van der Waals surface area (Å²) in [5.74, 6) is 0.469. The number of ether oxygens (including phenoxy) is 2. The Morgan fingerprint density at radius 2 is 1.47 bits per heavy atom. The van der Waals surface area contributed by atoms with Crippen molar-refractivity contribution in [3.8, 4) is 11.5 Å². The molecule has 3 rings (SSSR count). The second-order valence-corrected chi connectivity index (χ2v) is 8.55. The molecule has 166 valence electrons. The lowest BCUT2D eigenvalue weighted by Crippen LogP contribution is -2.22. The molecule has 3 aromatic carbocycles. The first-order valence-corrected chi connectivity index (χ1v) is 11.0. The first-order chi connectivity index (χ1) is 15.4. The van der Waals surface area contributed by atoms with Crippen molar-refractivity contribution < 1.29 is 19.1 Å². The van der Waals surface area contributed by atoms with Crippen molar-refractivity contribution in [1.29, 1.82) is 0 Å². The number of thioether (sulfide) groups is 1. The van der Waals surface area contributed by atoms with Gasteiger partial charge in [0.05, 0.1) is 19.5 Å². The fraction of sp³-hybridized carbons (Fsp3) is 0.200. The monoisotopic (exact) mass is 450 g/mol. The summed E-state index contributed by atoms with van der Waals surface area (Å²) in [6, 6.07) is 20.2. The molecule has 1 atom stereocenters. The van der Waals surface area contributed by atoms with Gasteiger partial charge in [0.25, 0.3) is 5.91 Å². The summed E-state index contributed by atoms with van der Waals surface area (Å²) in [6.45, 7) is 3.84. The smallest absolute Gasteiger partial charge is 0.263 e. The van der Waals surface area contributed by atoms with Gasteiger partial charge in [-0.3, -0.25) is 9.59 Å². The summed E-state index contributed by atoms with van der Waals surface area (Å²) in [7, 11) is 3.02. The van der Waals surface area contributed by atoms with Crippen LogP contribution in [0.5, 0.6) is 11.5 Å². The van der Waals surface area contributed by atoms with E-state index < -0.39 is 0 Å². The fourth-order valence-corrected chi connectivity index (χ4v) is 3.98. The molecule has 0 aromatic heterocycles. The van der Waals surface area contributed by atoms with Crippen LogP contribution in [0.1, 0.15) is 22.8 Å². The first-order valence-electron chi connectivity index (χ1n) is 10.1. The lowest BCUT2D eigenvalue weighted by atomic mass is 10.1. The number of aryl methyl sites for hydroxylation is 1. The average Bonchev–Trinajstić information content (AvgIpc) is 2.79. The van der Waals surface area contributed by atoms with Crippen molar-refractivity contribution in [2.75, 3.05) is 24.9 Å². The molecule has 0 spiro atoms. The predicted octanol–water partition coefficient (Wildman–Crippen LogP) is 5.38. The van der Waals surface area contributed by atoms with Gasteiger partial charge in [-0.1, -0.05) is 18.2 Å². The highest BCUT2D eigenvalue weighted by Gasteiger charge is 2.19. The second kappa shape index (κ2) is 10.7. The van der Waals surface area contributed by atoms with E-state index in [2.05, 4.69) is 10.6 Å². The van der Waals surface area contributed by atoms with E-state index in [1.165, 1.54) is 26.0 Å². The number of hydrogen-bond donors (Lipinski definition) is 2. The molecule has 7 heteroatoms. The third kappa shape index (κ3) is 5.82. The highest BCUT2D eigenvalue weighted by Crippen LogP contribution is 2.30. The number of methoxy groups -OCH3 is 2. The minimum atomic E-state index is -0.328.